The molecule has 0 aliphatic rings. The number of aromatic nitrogens is 1. The number of halogens is 1. The quantitative estimate of drug-likeness (QED) is 0.315. The minimum atomic E-state index is -0.437. The van der Waals surface area contributed by atoms with Gasteiger partial charge in [-0.05, 0) is 73.4 Å². The van der Waals surface area contributed by atoms with Gasteiger partial charge in [0.05, 0.1) is 18.4 Å². The van der Waals surface area contributed by atoms with Crippen molar-refractivity contribution in [3.05, 3.63) is 89.5 Å². The fourth-order valence-electron chi connectivity index (χ4n) is 2.94. The first-order chi connectivity index (χ1) is 14.6. The summed E-state index contributed by atoms with van der Waals surface area (Å²) in [5, 5.41) is 0. The van der Waals surface area contributed by atoms with Gasteiger partial charge in [0.1, 0.15) is 17.3 Å². The normalized spacial score (nSPS) is 10.6. The fraction of sp³-hybridized carbons (Fsp3) is 0.280. The van der Waals surface area contributed by atoms with E-state index >= 15 is 0 Å². The Morgan fingerprint density at radius 2 is 1.63 bits per heavy atom. The van der Waals surface area contributed by atoms with Crippen LogP contribution in [0.4, 0.5) is 4.39 Å². The summed E-state index contributed by atoms with van der Waals surface area (Å²) in [6.07, 6.45) is 6.34. The number of carbonyl (C=O) groups is 1. The van der Waals surface area contributed by atoms with Gasteiger partial charge in [-0.25, -0.2) is 9.18 Å². The fourth-order valence-corrected chi connectivity index (χ4v) is 2.94. The Bertz CT molecular complexity index is 922. The van der Waals surface area contributed by atoms with Crippen molar-refractivity contribution in [2.75, 3.05) is 6.61 Å². The minimum absolute atomic E-state index is 0.239. The smallest absolute Gasteiger partial charge is 0.343 e. The molecule has 0 aliphatic heterocycles. The predicted molar refractivity (Wildman–Crippen MR) is 114 cm³/mol. The van der Waals surface area contributed by atoms with E-state index in [0.717, 1.165) is 49.1 Å². The van der Waals surface area contributed by atoms with Gasteiger partial charge >= 0.3 is 5.97 Å². The molecular formula is C25H26FNO3. The van der Waals surface area contributed by atoms with Gasteiger partial charge in [0.2, 0.25) is 0 Å². The largest absolute Gasteiger partial charge is 0.494 e. The van der Waals surface area contributed by atoms with Gasteiger partial charge in [0, 0.05) is 5.69 Å². The third-order valence-electron chi connectivity index (χ3n) is 4.70. The van der Waals surface area contributed by atoms with E-state index < -0.39 is 5.97 Å². The number of nitrogens with zero attached hydrogens (tertiary/aromatic N) is 1. The highest BCUT2D eigenvalue weighted by molar-refractivity contribution is 5.91. The second-order valence-corrected chi connectivity index (χ2v) is 7.08. The Balaban J connectivity index is 1.48. The first kappa shape index (κ1) is 21.5. The van der Waals surface area contributed by atoms with Crippen LogP contribution in [0, 0.1) is 5.82 Å². The summed E-state index contributed by atoms with van der Waals surface area (Å²) < 4.78 is 24.0. The van der Waals surface area contributed by atoms with E-state index in [2.05, 4.69) is 11.9 Å². The molecule has 0 saturated carbocycles. The molecule has 0 fully saturated rings. The Hall–Kier alpha value is -3.21. The van der Waals surface area contributed by atoms with E-state index in [1.54, 1.807) is 48.7 Å². The Morgan fingerprint density at radius 3 is 2.30 bits per heavy atom. The molecule has 156 valence electrons. The van der Waals surface area contributed by atoms with Crippen molar-refractivity contribution in [3.63, 3.8) is 0 Å². The molecule has 0 spiro atoms. The van der Waals surface area contributed by atoms with E-state index in [4.69, 9.17) is 9.47 Å². The Kier molecular flexibility index (Phi) is 7.95. The molecule has 4 nitrogen and oxygen atoms in total. The van der Waals surface area contributed by atoms with Gasteiger partial charge in [-0.1, -0.05) is 31.9 Å². The average molecular weight is 407 g/mol. The molecular weight excluding hydrogens is 381 g/mol. The van der Waals surface area contributed by atoms with Crippen molar-refractivity contribution >= 4 is 5.97 Å². The van der Waals surface area contributed by atoms with Crippen LogP contribution in [-0.2, 0) is 12.8 Å². The molecule has 0 N–H and O–H groups in total. The Labute approximate surface area is 176 Å². The lowest BCUT2D eigenvalue weighted by Crippen LogP contribution is -2.09. The predicted octanol–water partition coefficient (Wildman–Crippen LogP) is 5.79. The van der Waals surface area contributed by atoms with Crippen LogP contribution < -0.4 is 9.47 Å². The van der Waals surface area contributed by atoms with Crippen LogP contribution in [0.3, 0.4) is 0 Å². The van der Waals surface area contributed by atoms with Gasteiger partial charge in [0.25, 0.3) is 0 Å². The van der Waals surface area contributed by atoms with E-state index in [-0.39, 0.29) is 5.82 Å². The van der Waals surface area contributed by atoms with Crippen molar-refractivity contribution in [3.8, 4) is 11.5 Å². The molecule has 5 heteroatoms. The first-order valence-electron chi connectivity index (χ1n) is 10.3. The summed E-state index contributed by atoms with van der Waals surface area (Å²) in [4.78, 5) is 16.7. The highest BCUT2D eigenvalue weighted by atomic mass is 19.1. The summed E-state index contributed by atoms with van der Waals surface area (Å²) >= 11 is 0. The molecule has 3 aromatic rings. The number of hydrogen-bond acceptors (Lipinski definition) is 4. The number of aryl methyl sites for hydroxylation is 2. The van der Waals surface area contributed by atoms with Crippen LogP contribution in [0.2, 0.25) is 0 Å². The number of hydrogen-bond donors (Lipinski definition) is 0. The molecule has 0 saturated heterocycles. The van der Waals surface area contributed by atoms with Crippen molar-refractivity contribution in [1.29, 1.82) is 0 Å². The standard InChI is InChI=1S/C25H26FNO3/c1-2-3-4-17-29-23-14-8-20(9-15-23)25(28)30-24-16-13-22(27-18-24)12-7-19-5-10-21(26)11-6-19/h5-6,8-11,13-16,18H,2-4,7,12,17H2,1H3. The molecule has 0 unspecified atom stereocenters. The lowest BCUT2D eigenvalue weighted by atomic mass is 10.1. The maximum Gasteiger partial charge on any atom is 0.343 e. The van der Waals surface area contributed by atoms with Crippen molar-refractivity contribution in [1.82, 2.24) is 4.98 Å². The zero-order valence-electron chi connectivity index (χ0n) is 17.1. The maximum absolute atomic E-state index is 13.0. The van der Waals surface area contributed by atoms with E-state index in [1.807, 2.05) is 6.07 Å². The number of carbonyl (C=O) groups excluding carboxylic acids is 1. The van der Waals surface area contributed by atoms with Crippen molar-refractivity contribution < 1.29 is 18.7 Å². The lowest BCUT2D eigenvalue weighted by Gasteiger charge is -2.08. The van der Waals surface area contributed by atoms with Crippen molar-refractivity contribution in [2.24, 2.45) is 0 Å². The number of benzene rings is 2. The summed E-state index contributed by atoms with van der Waals surface area (Å²) in [5.74, 6) is 0.464. The molecule has 0 amide bonds. The number of esters is 1. The van der Waals surface area contributed by atoms with Gasteiger partial charge < -0.3 is 9.47 Å². The number of unbranched alkanes of at least 4 members (excludes halogenated alkanes) is 2. The highest BCUT2D eigenvalue weighted by Crippen LogP contribution is 2.17. The molecule has 30 heavy (non-hydrogen) atoms. The molecule has 0 radical (unpaired) electrons. The van der Waals surface area contributed by atoms with Crippen LogP contribution in [0.15, 0.2) is 66.9 Å². The number of rotatable bonds is 10. The van der Waals surface area contributed by atoms with Gasteiger partial charge in [-0.2, -0.15) is 0 Å². The monoisotopic (exact) mass is 407 g/mol. The minimum Gasteiger partial charge on any atom is -0.494 e. The van der Waals surface area contributed by atoms with E-state index in [0.29, 0.717) is 17.9 Å². The summed E-state index contributed by atoms with van der Waals surface area (Å²) in [7, 11) is 0. The summed E-state index contributed by atoms with van der Waals surface area (Å²) in [6, 6.07) is 17.0. The van der Waals surface area contributed by atoms with Gasteiger partial charge in [-0.3, -0.25) is 4.98 Å². The SMILES string of the molecule is CCCCCOc1ccc(C(=O)Oc2ccc(CCc3ccc(F)cc3)nc2)cc1. The summed E-state index contributed by atoms with van der Waals surface area (Å²) in [5.41, 5.74) is 2.38. The third kappa shape index (κ3) is 6.69. The molecule has 3 rings (SSSR count). The topological polar surface area (TPSA) is 48.4 Å². The van der Waals surface area contributed by atoms with Crippen LogP contribution in [0.1, 0.15) is 47.8 Å². The second kappa shape index (κ2) is 11.1. The van der Waals surface area contributed by atoms with Crippen LogP contribution in [0.25, 0.3) is 0 Å². The van der Waals surface area contributed by atoms with Gasteiger partial charge in [-0.15, -0.1) is 0 Å². The molecule has 0 aliphatic carbocycles. The average Bonchev–Trinajstić information content (AvgIpc) is 2.78. The number of ether oxygens (including phenoxy) is 2. The first-order valence-corrected chi connectivity index (χ1v) is 10.3. The van der Waals surface area contributed by atoms with E-state index in [1.165, 1.54) is 12.1 Å². The summed E-state index contributed by atoms with van der Waals surface area (Å²) in [6.45, 7) is 2.83. The van der Waals surface area contributed by atoms with Crippen LogP contribution in [-0.4, -0.2) is 17.6 Å². The molecule has 0 atom stereocenters. The van der Waals surface area contributed by atoms with Crippen molar-refractivity contribution in [2.45, 2.75) is 39.0 Å². The maximum atomic E-state index is 13.0. The molecule has 1 heterocycles. The number of pyridine rings is 1. The second-order valence-electron chi connectivity index (χ2n) is 7.08. The zero-order valence-corrected chi connectivity index (χ0v) is 17.1. The van der Waals surface area contributed by atoms with Gasteiger partial charge in [0.15, 0.2) is 0 Å². The Morgan fingerprint density at radius 1 is 0.900 bits per heavy atom. The highest BCUT2D eigenvalue weighted by Gasteiger charge is 2.09. The van der Waals surface area contributed by atoms with Crippen LogP contribution in [0.5, 0.6) is 11.5 Å². The lowest BCUT2D eigenvalue weighted by molar-refractivity contribution is 0.0734. The third-order valence-corrected chi connectivity index (χ3v) is 4.70. The molecule has 0 bridgehead atoms. The zero-order chi connectivity index (χ0) is 21.2. The molecule has 2 aromatic carbocycles. The van der Waals surface area contributed by atoms with Crippen LogP contribution >= 0.6 is 0 Å². The van der Waals surface area contributed by atoms with E-state index in [9.17, 15) is 9.18 Å². The molecule has 1 aromatic heterocycles.